The Kier molecular flexibility index (Phi) is 3.91. The number of nitrogens with zero attached hydrogens (tertiary/aromatic N) is 4. The number of hydrogen-bond acceptors (Lipinski definition) is 3. The lowest BCUT2D eigenvalue weighted by Gasteiger charge is -2.04. The number of rotatable bonds is 5. The maximum absolute atomic E-state index is 12.0. The zero-order valence-corrected chi connectivity index (χ0v) is 12.8. The summed E-state index contributed by atoms with van der Waals surface area (Å²) in [5.74, 6) is -0.0344. The number of aromatic nitrogens is 4. The van der Waals surface area contributed by atoms with Gasteiger partial charge in [0.05, 0.1) is 29.6 Å². The van der Waals surface area contributed by atoms with Gasteiger partial charge in [0.15, 0.2) is 0 Å². The number of carbonyl (C=O) groups is 1. The minimum atomic E-state index is -0.0344. The Hall–Kier alpha value is -2.63. The predicted octanol–water partition coefficient (Wildman–Crippen LogP) is 2.59. The smallest absolute Gasteiger partial charge is 0.226 e. The van der Waals surface area contributed by atoms with E-state index in [1.807, 2.05) is 49.0 Å². The van der Waals surface area contributed by atoms with Crippen molar-refractivity contribution in [3.63, 3.8) is 0 Å². The van der Waals surface area contributed by atoms with Crippen LogP contribution in [0.15, 0.2) is 36.7 Å². The zero-order valence-electron chi connectivity index (χ0n) is 12.8. The van der Waals surface area contributed by atoms with Gasteiger partial charge in [-0.1, -0.05) is 18.2 Å². The van der Waals surface area contributed by atoms with Gasteiger partial charge < -0.3 is 5.32 Å². The summed E-state index contributed by atoms with van der Waals surface area (Å²) >= 11 is 0. The van der Waals surface area contributed by atoms with E-state index >= 15 is 0 Å². The van der Waals surface area contributed by atoms with Gasteiger partial charge in [-0.15, -0.1) is 0 Å². The van der Waals surface area contributed by atoms with E-state index in [0.29, 0.717) is 13.0 Å². The summed E-state index contributed by atoms with van der Waals surface area (Å²) < 4.78 is 3.67. The second kappa shape index (κ2) is 6.01. The highest BCUT2D eigenvalue weighted by atomic mass is 16.1. The van der Waals surface area contributed by atoms with Crippen LogP contribution in [0.4, 0.5) is 5.69 Å². The third kappa shape index (κ3) is 2.86. The molecule has 0 saturated carbocycles. The normalized spacial score (nSPS) is 11.0. The summed E-state index contributed by atoms with van der Waals surface area (Å²) in [4.78, 5) is 12.0. The fraction of sp³-hybridized carbons (Fsp3) is 0.312. The van der Waals surface area contributed by atoms with Crippen LogP contribution in [0.25, 0.3) is 10.9 Å². The summed E-state index contributed by atoms with van der Waals surface area (Å²) in [6.07, 6.45) is 3.86. The fourth-order valence-corrected chi connectivity index (χ4v) is 2.50. The number of aryl methyl sites for hydroxylation is 3. The van der Waals surface area contributed by atoms with E-state index < -0.39 is 0 Å². The Morgan fingerprint density at radius 2 is 2.14 bits per heavy atom. The predicted molar refractivity (Wildman–Crippen MR) is 85.6 cm³/mol. The highest BCUT2D eigenvalue weighted by Gasteiger charge is 2.09. The Balaban J connectivity index is 1.65. The molecule has 0 bridgehead atoms. The highest BCUT2D eigenvalue weighted by molar-refractivity contribution is 5.90. The number of nitrogens with one attached hydrogen (secondary N) is 1. The van der Waals surface area contributed by atoms with E-state index in [1.54, 1.807) is 10.9 Å². The van der Waals surface area contributed by atoms with Crippen molar-refractivity contribution in [2.24, 2.45) is 0 Å². The van der Waals surface area contributed by atoms with E-state index in [2.05, 4.69) is 15.5 Å². The molecule has 1 aromatic carbocycles. The van der Waals surface area contributed by atoms with Crippen LogP contribution in [0.1, 0.15) is 19.0 Å². The molecule has 0 unspecified atom stereocenters. The molecule has 3 aromatic rings. The molecule has 0 saturated heterocycles. The van der Waals surface area contributed by atoms with Crippen molar-refractivity contribution >= 4 is 22.5 Å². The van der Waals surface area contributed by atoms with Crippen molar-refractivity contribution in [1.82, 2.24) is 19.6 Å². The Morgan fingerprint density at radius 3 is 2.91 bits per heavy atom. The minimum Gasteiger partial charge on any atom is -0.323 e. The summed E-state index contributed by atoms with van der Waals surface area (Å²) in [6, 6.07) is 8.06. The van der Waals surface area contributed by atoms with Gasteiger partial charge in [0.1, 0.15) is 0 Å². The van der Waals surface area contributed by atoms with Crippen LogP contribution < -0.4 is 5.32 Å². The molecule has 1 N–H and O–H groups in total. The van der Waals surface area contributed by atoms with Gasteiger partial charge in [0, 0.05) is 24.5 Å². The summed E-state index contributed by atoms with van der Waals surface area (Å²) in [6.45, 7) is 5.33. The molecule has 114 valence electrons. The molecule has 0 fully saturated rings. The lowest BCUT2D eigenvalue weighted by Crippen LogP contribution is -2.14. The molecule has 0 radical (unpaired) electrons. The maximum Gasteiger partial charge on any atom is 0.226 e. The van der Waals surface area contributed by atoms with Crippen LogP contribution in [0.5, 0.6) is 0 Å². The lowest BCUT2D eigenvalue weighted by molar-refractivity contribution is -0.116. The molecule has 1 amide bonds. The molecule has 6 nitrogen and oxygen atoms in total. The molecule has 2 heterocycles. The number of benzene rings is 1. The molecule has 6 heteroatoms. The van der Waals surface area contributed by atoms with Gasteiger partial charge in [-0.2, -0.15) is 10.2 Å². The van der Waals surface area contributed by atoms with Crippen molar-refractivity contribution in [3.8, 4) is 0 Å². The largest absolute Gasteiger partial charge is 0.323 e. The van der Waals surface area contributed by atoms with Crippen LogP contribution in [-0.2, 0) is 17.9 Å². The number of amides is 1. The average molecular weight is 297 g/mol. The van der Waals surface area contributed by atoms with Crippen LogP contribution in [0.2, 0.25) is 0 Å². The number of fused-ring (bicyclic) bond motifs is 1. The van der Waals surface area contributed by atoms with Crippen molar-refractivity contribution in [2.45, 2.75) is 33.4 Å². The summed E-state index contributed by atoms with van der Waals surface area (Å²) in [7, 11) is 0. The number of carbonyl (C=O) groups excluding carboxylic acids is 1. The van der Waals surface area contributed by atoms with Gasteiger partial charge in [-0.3, -0.25) is 14.2 Å². The van der Waals surface area contributed by atoms with E-state index in [0.717, 1.165) is 28.8 Å². The first kappa shape index (κ1) is 14.3. The average Bonchev–Trinajstić information content (AvgIpc) is 3.10. The van der Waals surface area contributed by atoms with E-state index in [4.69, 9.17) is 0 Å². The van der Waals surface area contributed by atoms with Crippen LogP contribution in [0.3, 0.4) is 0 Å². The number of para-hydroxylation sites is 1. The first-order valence-electron chi connectivity index (χ1n) is 7.42. The van der Waals surface area contributed by atoms with Crippen LogP contribution in [0, 0.1) is 6.92 Å². The summed E-state index contributed by atoms with van der Waals surface area (Å²) in [5, 5.41) is 12.6. The minimum absolute atomic E-state index is 0.0344. The quantitative estimate of drug-likeness (QED) is 0.787. The zero-order chi connectivity index (χ0) is 15.5. The third-order valence-corrected chi connectivity index (χ3v) is 3.63. The molecule has 3 rings (SSSR count). The van der Waals surface area contributed by atoms with Gasteiger partial charge >= 0.3 is 0 Å². The molecule has 0 spiro atoms. The van der Waals surface area contributed by atoms with Gasteiger partial charge in [-0.25, -0.2) is 0 Å². The van der Waals surface area contributed by atoms with E-state index in [9.17, 15) is 4.79 Å². The first-order chi connectivity index (χ1) is 10.7. The second-order valence-corrected chi connectivity index (χ2v) is 5.21. The fourth-order valence-electron chi connectivity index (χ4n) is 2.50. The first-order valence-corrected chi connectivity index (χ1v) is 7.42. The topological polar surface area (TPSA) is 64.7 Å². The maximum atomic E-state index is 12.0. The van der Waals surface area contributed by atoms with Gasteiger partial charge in [0.25, 0.3) is 0 Å². The Labute approximate surface area is 128 Å². The molecular formula is C16H19N5O. The Morgan fingerprint density at radius 1 is 1.32 bits per heavy atom. The third-order valence-electron chi connectivity index (χ3n) is 3.63. The standard InChI is InChI=1S/C16H19N5O/c1-3-20-11-13(10-17-20)18-16(22)8-9-21-15-7-5-4-6-14(15)12(2)19-21/h4-7,10-11H,3,8-9H2,1-2H3,(H,18,22). The molecule has 0 aliphatic heterocycles. The monoisotopic (exact) mass is 297 g/mol. The van der Waals surface area contributed by atoms with Crippen molar-refractivity contribution in [1.29, 1.82) is 0 Å². The van der Waals surface area contributed by atoms with E-state index in [1.165, 1.54) is 0 Å². The highest BCUT2D eigenvalue weighted by Crippen LogP contribution is 2.17. The number of anilines is 1. The Bertz CT molecular complexity index is 802. The molecule has 2 aromatic heterocycles. The van der Waals surface area contributed by atoms with Crippen molar-refractivity contribution in [3.05, 3.63) is 42.4 Å². The molecule has 0 atom stereocenters. The molecule has 0 aliphatic carbocycles. The van der Waals surface area contributed by atoms with Crippen LogP contribution >= 0.6 is 0 Å². The second-order valence-electron chi connectivity index (χ2n) is 5.21. The van der Waals surface area contributed by atoms with Gasteiger partial charge in [0.2, 0.25) is 5.91 Å². The van der Waals surface area contributed by atoms with Crippen molar-refractivity contribution < 1.29 is 4.79 Å². The van der Waals surface area contributed by atoms with Crippen LogP contribution in [-0.4, -0.2) is 25.5 Å². The number of hydrogen-bond donors (Lipinski definition) is 1. The SMILES string of the molecule is CCn1cc(NC(=O)CCn2nc(C)c3ccccc32)cn1. The lowest BCUT2D eigenvalue weighted by atomic mass is 10.2. The van der Waals surface area contributed by atoms with E-state index in [-0.39, 0.29) is 5.91 Å². The summed E-state index contributed by atoms with van der Waals surface area (Å²) in [5.41, 5.74) is 2.78. The van der Waals surface area contributed by atoms with Crippen molar-refractivity contribution in [2.75, 3.05) is 5.32 Å². The molecular weight excluding hydrogens is 278 g/mol. The van der Waals surface area contributed by atoms with Gasteiger partial charge in [-0.05, 0) is 19.9 Å². The molecule has 0 aliphatic rings. The molecule has 22 heavy (non-hydrogen) atoms.